The summed E-state index contributed by atoms with van der Waals surface area (Å²) in [5.41, 5.74) is 4.95. The van der Waals surface area contributed by atoms with Gasteiger partial charge in [-0.15, -0.1) is 0 Å². The molecular formula is C16H13NO. The smallest absolute Gasteiger partial charge is 0.0998 e. The van der Waals surface area contributed by atoms with Crippen LogP contribution in [0.5, 0.6) is 0 Å². The normalized spacial score (nSPS) is 17.2. The van der Waals surface area contributed by atoms with Gasteiger partial charge in [0.2, 0.25) is 0 Å². The van der Waals surface area contributed by atoms with Crippen LogP contribution in [0.25, 0.3) is 11.1 Å². The van der Waals surface area contributed by atoms with E-state index in [9.17, 15) is 5.11 Å². The predicted molar refractivity (Wildman–Crippen MR) is 69.9 cm³/mol. The number of benzene rings is 2. The van der Waals surface area contributed by atoms with E-state index in [0.717, 1.165) is 29.5 Å². The fraction of sp³-hybridized carbons (Fsp3) is 0.188. The number of hydrogen-bond acceptors (Lipinski definition) is 2. The molecule has 0 unspecified atom stereocenters. The molecule has 88 valence electrons. The van der Waals surface area contributed by atoms with Crippen molar-refractivity contribution in [3.05, 3.63) is 59.2 Å². The predicted octanol–water partition coefficient (Wildman–Crippen LogP) is 3.20. The second kappa shape index (κ2) is 4.29. The van der Waals surface area contributed by atoms with Crippen molar-refractivity contribution in [3.63, 3.8) is 0 Å². The number of aryl methyl sites for hydroxylation is 1. The van der Waals surface area contributed by atoms with Crippen molar-refractivity contribution in [2.75, 3.05) is 0 Å². The van der Waals surface area contributed by atoms with Gasteiger partial charge in [0.15, 0.2) is 0 Å². The van der Waals surface area contributed by atoms with Crippen molar-refractivity contribution in [1.29, 1.82) is 5.26 Å². The summed E-state index contributed by atoms with van der Waals surface area (Å²) < 4.78 is 0. The van der Waals surface area contributed by atoms with Crippen molar-refractivity contribution < 1.29 is 5.11 Å². The van der Waals surface area contributed by atoms with Crippen LogP contribution in [0.1, 0.15) is 29.2 Å². The molecule has 0 aliphatic heterocycles. The van der Waals surface area contributed by atoms with Crippen LogP contribution in [0.4, 0.5) is 0 Å². The molecule has 3 rings (SSSR count). The first-order valence-electron chi connectivity index (χ1n) is 6.10. The van der Waals surface area contributed by atoms with Gasteiger partial charge in [0.05, 0.1) is 17.7 Å². The molecule has 2 nitrogen and oxygen atoms in total. The van der Waals surface area contributed by atoms with Crippen molar-refractivity contribution in [2.24, 2.45) is 0 Å². The molecule has 0 radical (unpaired) electrons. The van der Waals surface area contributed by atoms with Crippen molar-refractivity contribution in [2.45, 2.75) is 18.9 Å². The highest BCUT2D eigenvalue weighted by atomic mass is 16.3. The molecule has 1 atom stereocenters. The zero-order chi connectivity index (χ0) is 12.5. The summed E-state index contributed by atoms with van der Waals surface area (Å²) in [6, 6.07) is 15.9. The SMILES string of the molecule is N#Cc1ccccc1-c1ccc2c(c1)CC[C@H]2O. The minimum atomic E-state index is -0.319. The van der Waals surface area contributed by atoms with E-state index < -0.39 is 0 Å². The van der Waals surface area contributed by atoms with E-state index in [2.05, 4.69) is 12.1 Å². The monoisotopic (exact) mass is 235 g/mol. The fourth-order valence-electron chi connectivity index (χ4n) is 2.59. The summed E-state index contributed by atoms with van der Waals surface area (Å²) in [5, 5.41) is 18.9. The Hall–Kier alpha value is -2.11. The molecule has 0 saturated carbocycles. The van der Waals surface area contributed by atoms with Gasteiger partial charge in [0.1, 0.15) is 0 Å². The molecule has 1 aliphatic rings. The highest BCUT2D eigenvalue weighted by Crippen LogP contribution is 2.34. The Morgan fingerprint density at radius 3 is 2.83 bits per heavy atom. The molecular weight excluding hydrogens is 222 g/mol. The zero-order valence-electron chi connectivity index (χ0n) is 9.93. The molecule has 2 aromatic rings. The van der Waals surface area contributed by atoms with Crippen LogP contribution >= 0.6 is 0 Å². The van der Waals surface area contributed by atoms with Crippen LogP contribution in [-0.2, 0) is 6.42 Å². The number of nitrogens with zero attached hydrogens (tertiary/aromatic N) is 1. The third-order valence-corrected chi connectivity index (χ3v) is 3.55. The Balaban J connectivity index is 2.11. The maximum absolute atomic E-state index is 9.79. The van der Waals surface area contributed by atoms with E-state index >= 15 is 0 Å². The quantitative estimate of drug-likeness (QED) is 0.824. The lowest BCUT2D eigenvalue weighted by molar-refractivity contribution is 0.180. The topological polar surface area (TPSA) is 44.0 Å². The molecule has 0 amide bonds. The molecule has 0 fully saturated rings. The first-order valence-corrected chi connectivity index (χ1v) is 6.10. The van der Waals surface area contributed by atoms with E-state index in [1.165, 1.54) is 5.56 Å². The van der Waals surface area contributed by atoms with Crippen molar-refractivity contribution in [1.82, 2.24) is 0 Å². The molecule has 1 aliphatic carbocycles. The molecule has 0 spiro atoms. The second-order valence-electron chi connectivity index (χ2n) is 4.63. The maximum Gasteiger partial charge on any atom is 0.0998 e. The molecule has 2 heteroatoms. The standard InChI is InChI=1S/C16H13NO/c17-10-13-3-1-2-4-14(13)11-5-7-15-12(9-11)6-8-16(15)18/h1-5,7,9,16,18H,6,8H2/t16-/m1/s1. The molecule has 18 heavy (non-hydrogen) atoms. The average molecular weight is 235 g/mol. The summed E-state index contributed by atoms with van der Waals surface area (Å²) in [4.78, 5) is 0. The molecule has 0 saturated heterocycles. The van der Waals surface area contributed by atoms with E-state index in [1.807, 2.05) is 36.4 Å². The van der Waals surface area contributed by atoms with Gasteiger partial charge < -0.3 is 5.11 Å². The van der Waals surface area contributed by atoms with Crippen LogP contribution in [0.3, 0.4) is 0 Å². The minimum Gasteiger partial charge on any atom is -0.388 e. The second-order valence-corrected chi connectivity index (χ2v) is 4.63. The fourth-order valence-corrected chi connectivity index (χ4v) is 2.59. The van der Waals surface area contributed by atoms with Crippen LogP contribution in [-0.4, -0.2) is 5.11 Å². The van der Waals surface area contributed by atoms with Crippen LogP contribution in [0, 0.1) is 11.3 Å². The highest BCUT2D eigenvalue weighted by Gasteiger charge is 2.20. The van der Waals surface area contributed by atoms with Gasteiger partial charge in [-0.3, -0.25) is 0 Å². The third-order valence-electron chi connectivity index (χ3n) is 3.55. The van der Waals surface area contributed by atoms with Crippen molar-refractivity contribution in [3.8, 4) is 17.2 Å². The molecule has 1 N–H and O–H groups in total. The molecule has 2 aromatic carbocycles. The summed E-state index contributed by atoms with van der Waals surface area (Å²) in [6.07, 6.45) is 1.40. The lowest BCUT2D eigenvalue weighted by Gasteiger charge is -2.08. The van der Waals surface area contributed by atoms with E-state index in [4.69, 9.17) is 5.26 Å². The van der Waals surface area contributed by atoms with Gasteiger partial charge in [0.25, 0.3) is 0 Å². The van der Waals surface area contributed by atoms with Crippen LogP contribution < -0.4 is 0 Å². The maximum atomic E-state index is 9.79. The minimum absolute atomic E-state index is 0.319. The van der Waals surface area contributed by atoms with Gasteiger partial charge in [0, 0.05) is 0 Å². The van der Waals surface area contributed by atoms with Crippen LogP contribution in [0.2, 0.25) is 0 Å². The Morgan fingerprint density at radius 1 is 1.17 bits per heavy atom. The van der Waals surface area contributed by atoms with Gasteiger partial charge in [-0.25, -0.2) is 0 Å². The summed E-state index contributed by atoms with van der Waals surface area (Å²) >= 11 is 0. The lowest BCUT2D eigenvalue weighted by Crippen LogP contribution is -1.91. The van der Waals surface area contributed by atoms with E-state index in [1.54, 1.807) is 0 Å². The van der Waals surface area contributed by atoms with Gasteiger partial charge >= 0.3 is 0 Å². The lowest BCUT2D eigenvalue weighted by atomic mass is 9.97. The third kappa shape index (κ3) is 1.70. The van der Waals surface area contributed by atoms with E-state index in [-0.39, 0.29) is 6.10 Å². The Bertz CT molecular complexity index is 640. The average Bonchev–Trinajstić information content (AvgIpc) is 2.80. The Morgan fingerprint density at radius 2 is 2.00 bits per heavy atom. The Kier molecular flexibility index (Phi) is 2.62. The molecule has 0 heterocycles. The van der Waals surface area contributed by atoms with E-state index in [0.29, 0.717) is 5.56 Å². The van der Waals surface area contributed by atoms with Crippen LogP contribution in [0.15, 0.2) is 42.5 Å². The first-order chi connectivity index (χ1) is 8.79. The van der Waals surface area contributed by atoms with Gasteiger partial charge in [-0.2, -0.15) is 5.26 Å². The highest BCUT2D eigenvalue weighted by molar-refractivity contribution is 5.71. The number of nitriles is 1. The molecule has 0 aromatic heterocycles. The number of rotatable bonds is 1. The summed E-state index contributed by atoms with van der Waals surface area (Å²) in [6.45, 7) is 0. The number of hydrogen-bond donors (Lipinski definition) is 1. The summed E-state index contributed by atoms with van der Waals surface area (Å²) in [5.74, 6) is 0. The number of aliphatic hydroxyl groups is 1. The number of fused-ring (bicyclic) bond motifs is 1. The first kappa shape index (κ1) is 11.0. The zero-order valence-corrected chi connectivity index (χ0v) is 9.93. The molecule has 0 bridgehead atoms. The summed E-state index contributed by atoms with van der Waals surface area (Å²) in [7, 11) is 0. The Labute approximate surface area is 106 Å². The van der Waals surface area contributed by atoms with Crippen molar-refractivity contribution >= 4 is 0 Å². The van der Waals surface area contributed by atoms with Gasteiger partial charge in [-0.1, -0.05) is 36.4 Å². The van der Waals surface area contributed by atoms with Gasteiger partial charge in [-0.05, 0) is 41.2 Å². The largest absolute Gasteiger partial charge is 0.388 e. The number of aliphatic hydroxyl groups excluding tert-OH is 1.